The summed E-state index contributed by atoms with van der Waals surface area (Å²) in [5, 5.41) is 16.9. The van der Waals surface area contributed by atoms with E-state index in [1.54, 1.807) is 17.6 Å². The van der Waals surface area contributed by atoms with Crippen molar-refractivity contribution in [2.75, 3.05) is 18.5 Å². The zero-order valence-corrected chi connectivity index (χ0v) is 11.8. The predicted molar refractivity (Wildman–Crippen MR) is 77.0 cm³/mol. The molecule has 0 aliphatic heterocycles. The van der Waals surface area contributed by atoms with Crippen LogP contribution in [0.3, 0.4) is 0 Å². The average Bonchev–Trinajstić information content (AvgIpc) is 2.96. The molecule has 6 nitrogen and oxygen atoms in total. The number of nitrogens with zero attached hydrogens (tertiary/aromatic N) is 1. The molecule has 0 aliphatic carbocycles. The van der Waals surface area contributed by atoms with Crippen LogP contribution in [0.2, 0.25) is 0 Å². The fourth-order valence-electron chi connectivity index (χ4n) is 1.45. The molecule has 0 spiro atoms. The first kappa shape index (κ1) is 15.2. The van der Waals surface area contributed by atoms with Crippen molar-refractivity contribution in [3.05, 3.63) is 41.7 Å². The van der Waals surface area contributed by atoms with Crippen LogP contribution in [-0.2, 0) is 0 Å². The summed E-state index contributed by atoms with van der Waals surface area (Å²) in [4.78, 5) is 15.4. The maximum Gasteiger partial charge on any atom is 0.321 e. The summed E-state index contributed by atoms with van der Waals surface area (Å²) in [6.07, 6.45) is 0.664. The zero-order valence-electron chi connectivity index (χ0n) is 11.0. The molecule has 1 aromatic heterocycles. The number of carbonyl (C=O) groups is 1. The van der Waals surface area contributed by atoms with Gasteiger partial charge in [0.1, 0.15) is 24.3 Å². The van der Waals surface area contributed by atoms with Crippen molar-refractivity contribution in [2.45, 2.75) is 6.10 Å². The van der Waals surface area contributed by atoms with Gasteiger partial charge < -0.3 is 15.2 Å². The number of anilines is 1. The van der Waals surface area contributed by atoms with Crippen molar-refractivity contribution >= 4 is 22.5 Å². The topological polar surface area (TPSA) is 83.5 Å². The Kier molecular flexibility index (Phi) is 5.47. The lowest BCUT2D eigenvalue weighted by Gasteiger charge is -2.13. The van der Waals surface area contributed by atoms with Crippen LogP contribution in [0.1, 0.15) is 0 Å². The van der Waals surface area contributed by atoms with Gasteiger partial charge in [0.2, 0.25) is 0 Å². The van der Waals surface area contributed by atoms with Gasteiger partial charge in [0.25, 0.3) is 0 Å². The largest absolute Gasteiger partial charge is 0.491 e. The van der Waals surface area contributed by atoms with Gasteiger partial charge in [-0.3, -0.25) is 5.32 Å². The van der Waals surface area contributed by atoms with E-state index < -0.39 is 18.0 Å². The molecule has 0 radical (unpaired) electrons. The maximum absolute atomic E-state index is 12.9. The Morgan fingerprint density at radius 2 is 2.38 bits per heavy atom. The molecule has 0 aliphatic rings. The van der Waals surface area contributed by atoms with E-state index in [-0.39, 0.29) is 13.2 Å². The number of amides is 2. The number of aliphatic hydroxyl groups is 1. The summed E-state index contributed by atoms with van der Waals surface area (Å²) in [7, 11) is 0. The van der Waals surface area contributed by atoms with E-state index in [1.807, 2.05) is 0 Å². The lowest BCUT2D eigenvalue weighted by Crippen LogP contribution is -2.37. The fourth-order valence-corrected chi connectivity index (χ4v) is 1.97. The third-order valence-electron chi connectivity index (χ3n) is 2.39. The number of halogens is 1. The second kappa shape index (κ2) is 7.55. The van der Waals surface area contributed by atoms with Gasteiger partial charge in [-0.2, -0.15) is 0 Å². The molecule has 1 atom stereocenters. The molecule has 112 valence electrons. The molecule has 0 saturated carbocycles. The van der Waals surface area contributed by atoms with E-state index in [0.717, 1.165) is 0 Å². The highest BCUT2D eigenvalue weighted by Gasteiger charge is 2.09. The van der Waals surface area contributed by atoms with Crippen LogP contribution in [0.5, 0.6) is 5.75 Å². The number of rotatable bonds is 6. The van der Waals surface area contributed by atoms with Crippen LogP contribution in [0.4, 0.5) is 14.3 Å². The first-order chi connectivity index (χ1) is 10.1. The molecule has 1 aromatic carbocycles. The third-order valence-corrected chi connectivity index (χ3v) is 3.08. The molecule has 21 heavy (non-hydrogen) atoms. The first-order valence-electron chi connectivity index (χ1n) is 6.14. The Morgan fingerprint density at radius 1 is 1.52 bits per heavy atom. The monoisotopic (exact) mass is 311 g/mol. The van der Waals surface area contributed by atoms with Gasteiger partial charge in [0, 0.05) is 24.2 Å². The van der Waals surface area contributed by atoms with Crippen LogP contribution in [0.15, 0.2) is 35.8 Å². The minimum absolute atomic E-state index is 0.00647. The fraction of sp³-hybridized carbons (Fsp3) is 0.231. The number of ether oxygens (including phenoxy) is 1. The van der Waals surface area contributed by atoms with Crippen molar-refractivity contribution in [2.24, 2.45) is 0 Å². The summed E-state index contributed by atoms with van der Waals surface area (Å²) in [5.74, 6) is -0.0933. The van der Waals surface area contributed by atoms with Crippen molar-refractivity contribution in [3.8, 4) is 5.75 Å². The van der Waals surface area contributed by atoms with Gasteiger partial charge in [-0.05, 0) is 12.1 Å². The van der Waals surface area contributed by atoms with Crippen molar-refractivity contribution in [3.63, 3.8) is 0 Å². The molecule has 1 unspecified atom stereocenters. The lowest BCUT2D eigenvalue weighted by atomic mass is 10.3. The zero-order chi connectivity index (χ0) is 15.1. The van der Waals surface area contributed by atoms with Gasteiger partial charge in [-0.25, -0.2) is 14.2 Å². The number of hydrogen-bond acceptors (Lipinski definition) is 5. The number of thiazole rings is 1. The van der Waals surface area contributed by atoms with Crippen LogP contribution < -0.4 is 15.4 Å². The van der Waals surface area contributed by atoms with E-state index >= 15 is 0 Å². The number of hydrogen-bond donors (Lipinski definition) is 3. The SMILES string of the molecule is O=C(NCC(O)COc1cccc(F)c1)Nc1nccs1. The molecular weight excluding hydrogens is 297 g/mol. The molecule has 0 bridgehead atoms. The molecule has 2 aromatic rings. The molecule has 1 heterocycles. The Bertz CT molecular complexity index is 580. The molecule has 0 saturated heterocycles. The first-order valence-corrected chi connectivity index (χ1v) is 7.02. The summed E-state index contributed by atoms with van der Waals surface area (Å²) in [5.41, 5.74) is 0. The smallest absolute Gasteiger partial charge is 0.321 e. The van der Waals surface area contributed by atoms with E-state index in [1.165, 1.54) is 29.5 Å². The van der Waals surface area contributed by atoms with Gasteiger partial charge in [-0.1, -0.05) is 6.07 Å². The van der Waals surface area contributed by atoms with Crippen LogP contribution in [0.25, 0.3) is 0 Å². The van der Waals surface area contributed by atoms with Crippen LogP contribution in [-0.4, -0.2) is 35.4 Å². The van der Waals surface area contributed by atoms with E-state index in [4.69, 9.17) is 4.74 Å². The summed E-state index contributed by atoms with van der Waals surface area (Å²) >= 11 is 1.29. The average molecular weight is 311 g/mol. The normalized spacial score (nSPS) is 11.7. The van der Waals surface area contributed by atoms with Crippen molar-refractivity contribution < 1.29 is 19.0 Å². The van der Waals surface area contributed by atoms with E-state index in [9.17, 15) is 14.3 Å². The Labute approximate surface area is 124 Å². The minimum atomic E-state index is -0.907. The molecule has 2 amide bonds. The molecule has 3 N–H and O–H groups in total. The molecule has 0 fully saturated rings. The number of carbonyl (C=O) groups excluding carboxylic acids is 1. The van der Waals surface area contributed by atoms with E-state index in [2.05, 4.69) is 15.6 Å². The number of benzene rings is 1. The molecule has 2 rings (SSSR count). The van der Waals surface area contributed by atoms with E-state index in [0.29, 0.717) is 10.9 Å². The Morgan fingerprint density at radius 3 is 3.10 bits per heavy atom. The number of urea groups is 1. The molecule has 8 heteroatoms. The highest BCUT2D eigenvalue weighted by atomic mass is 32.1. The van der Waals surface area contributed by atoms with Gasteiger partial charge in [-0.15, -0.1) is 11.3 Å². The van der Waals surface area contributed by atoms with Crippen LogP contribution >= 0.6 is 11.3 Å². The minimum Gasteiger partial charge on any atom is -0.491 e. The van der Waals surface area contributed by atoms with Crippen molar-refractivity contribution in [1.82, 2.24) is 10.3 Å². The highest BCUT2D eigenvalue weighted by molar-refractivity contribution is 7.13. The summed E-state index contributed by atoms with van der Waals surface area (Å²) in [6.45, 7) is -0.0481. The Balaban J connectivity index is 1.67. The van der Waals surface area contributed by atoms with Crippen molar-refractivity contribution in [1.29, 1.82) is 0 Å². The number of nitrogens with one attached hydrogen (secondary N) is 2. The molecular formula is C13H14FN3O3S. The number of aromatic nitrogens is 1. The number of aliphatic hydroxyl groups excluding tert-OH is 1. The lowest BCUT2D eigenvalue weighted by molar-refractivity contribution is 0.108. The third kappa shape index (κ3) is 5.36. The quantitative estimate of drug-likeness (QED) is 0.760. The highest BCUT2D eigenvalue weighted by Crippen LogP contribution is 2.12. The maximum atomic E-state index is 12.9. The Hall–Kier alpha value is -2.19. The summed E-state index contributed by atoms with van der Waals surface area (Å²) in [6, 6.07) is 5.15. The standard InChI is InChI=1S/C13H14FN3O3S/c14-9-2-1-3-11(6-9)20-8-10(18)7-16-12(19)17-13-15-4-5-21-13/h1-6,10,18H,7-8H2,(H2,15,16,17,19). The predicted octanol–water partition coefficient (Wildman–Crippen LogP) is 1.84. The summed E-state index contributed by atoms with van der Waals surface area (Å²) < 4.78 is 18.1. The second-order valence-corrected chi connectivity index (χ2v) is 4.99. The van der Waals surface area contributed by atoms with Gasteiger partial charge >= 0.3 is 6.03 Å². The van der Waals surface area contributed by atoms with Gasteiger partial charge in [0.15, 0.2) is 5.13 Å². The second-order valence-electron chi connectivity index (χ2n) is 4.09. The van der Waals surface area contributed by atoms with Crippen LogP contribution in [0, 0.1) is 5.82 Å². The van der Waals surface area contributed by atoms with Gasteiger partial charge in [0.05, 0.1) is 0 Å².